The topological polar surface area (TPSA) is 139 Å². The Morgan fingerprint density at radius 3 is 2.71 bits per heavy atom. The van der Waals surface area contributed by atoms with Crippen LogP contribution in [0.5, 0.6) is 0 Å². The van der Waals surface area contributed by atoms with Crippen molar-refractivity contribution in [3.05, 3.63) is 39.7 Å². The zero-order valence-electron chi connectivity index (χ0n) is 15.2. The fraction of sp³-hybridized carbons (Fsp3) is 0.235. The summed E-state index contributed by atoms with van der Waals surface area (Å²) in [6, 6.07) is 3.31. The molecule has 0 saturated heterocycles. The van der Waals surface area contributed by atoms with Crippen LogP contribution in [0.2, 0.25) is 5.02 Å². The van der Waals surface area contributed by atoms with Gasteiger partial charge in [-0.1, -0.05) is 22.9 Å². The summed E-state index contributed by atoms with van der Waals surface area (Å²) in [6.45, 7) is 3.87. The molecule has 0 aliphatic heterocycles. The van der Waals surface area contributed by atoms with Crippen LogP contribution in [0.1, 0.15) is 21.2 Å². The first kappa shape index (κ1) is 19.9. The number of aromatic nitrogens is 4. The van der Waals surface area contributed by atoms with Gasteiger partial charge in [-0.15, -0.1) is 0 Å². The lowest BCUT2D eigenvalue weighted by Gasteiger charge is -2.08. The number of anilines is 3. The summed E-state index contributed by atoms with van der Waals surface area (Å²) < 4.78 is 0. The minimum absolute atomic E-state index is 0.0190. The number of nitrogens with two attached hydrogens (primary N) is 1. The van der Waals surface area contributed by atoms with Crippen molar-refractivity contribution in [3.8, 4) is 11.3 Å². The van der Waals surface area contributed by atoms with Crippen molar-refractivity contribution in [2.75, 3.05) is 23.8 Å². The second kappa shape index (κ2) is 8.46. The number of hydrogen-bond donors (Lipinski definition) is 4. The van der Waals surface area contributed by atoms with Crippen LogP contribution >= 0.6 is 22.9 Å². The van der Waals surface area contributed by atoms with Gasteiger partial charge in [0, 0.05) is 30.1 Å². The Bertz CT molecular complexity index is 1000. The van der Waals surface area contributed by atoms with E-state index in [-0.39, 0.29) is 11.5 Å². The average molecular weight is 420 g/mol. The van der Waals surface area contributed by atoms with Gasteiger partial charge in [0.1, 0.15) is 22.3 Å². The molecule has 0 spiro atoms. The molecule has 0 bridgehead atoms. The molecule has 3 aromatic heterocycles. The lowest BCUT2D eigenvalue weighted by atomic mass is 10.1. The maximum atomic E-state index is 12.0. The second-order valence-electron chi connectivity index (χ2n) is 5.78. The molecular formula is C17H18ClN7O2S. The third kappa shape index (κ3) is 4.35. The molecule has 0 unspecified atom stereocenters. The van der Waals surface area contributed by atoms with E-state index in [4.69, 9.17) is 22.4 Å². The van der Waals surface area contributed by atoms with E-state index in [0.717, 1.165) is 11.3 Å². The number of hydrogen-bond acceptors (Lipinski definition) is 9. The number of nitrogens with one attached hydrogen (secondary N) is 2. The number of carbonyl (C=O) groups is 1. The van der Waals surface area contributed by atoms with Crippen LogP contribution in [0, 0.1) is 13.8 Å². The standard InChI is InChI=1S/C17H18ClN7O2S/c1-8-13(10(18)3-4-20-8)14-15(16(19)27)28-17(25-14)24-12-7-11(21-5-6-26)22-9(2)23-12/h3-4,7,26H,5-6H2,1-2H3,(H2,19,27)(H2,21,22,23,24,25). The lowest BCUT2D eigenvalue weighted by Crippen LogP contribution is -2.10. The van der Waals surface area contributed by atoms with Crippen molar-refractivity contribution in [1.82, 2.24) is 19.9 Å². The van der Waals surface area contributed by atoms with Crippen LogP contribution in [-0.2, 0) is 0 Å². The number of aliphatic hydroxyl groups excluding tert-OH is 1. The van der Waals surface area contributed by atoms with Crippen molar-refractivity contribution in [3.63, 3.8) is 0 Å². The normalized spacial score (nSPS) is 10.7. The van der Waals surface area contributed by atoms with Crippen LogP contribution in [0.4, 0.5) is 16.8 Å². The van der Waals surface area contributed by atoms with Gasteiger partial charge < -0.3 is 21.5 Å². The fourth-order valence-electron chi connectivity index (χ4n) is 2.55. The van der Waals surface area contributed by atoms with E-state index >= 15 is 0 Å². The van der Waals surface area contributed by atoms with Crippen molar-refractivity contribution in [2.24, 2.45) is 5.73 Å². The Morgan fingerprint density at radius 1 is 1.29 bits per heavy atom. The highest BCUT2D eigenvalue weighted by Gasteiger charge is 2.22. The van der Waals surface area contributed by atoms with Gasteiger partial charge in [-0.05, 0) is 19.9 Å². The molecule has 0 aromatic carbocycles. The van der Waals surface area contributed by atoms with Gasteiger partial charge in [0.15, 0.2) is 5.13 Å². The summed E-state index contributed by atoms with van der Waals surface area (Å²) in [5, 5.41) is 15.9. The maximum absolute atomic E-state index is 12.0. The highest BCUT2D eigenvalue weighted by molar-refractivity contribution is 7.18. The Labute approximate surface area is 170 Å². The zero-order chi connectivity index (χ0) is 20.3. The molecule has 0 radical (unpaired) electrons. The largest absolute Gasteiger partial charge is 0.395 e. The number of carbonyl (C=O) groups excluding carboxylic acids is 1. The second-order valence-corrected chi connectivity index (χ2v) is 7.18. The molecule has 0 aliphatic carbocycles. The van der Waals surface area contributed by atoms with Gasteiger partial charge in [0.05, 0.1) is 17.3 Å². The number of aliphatic hydroxyl groups is 1. The number of pyridine rings is 1. The molecule has 3 aromatic rings. The fourth-order valence-corrected chi connectivity index (χ4v) is 3.66. The minimum atomic E-state index is -0.607. The summed E-state index contributed by atoms with van der Waals surface area (Å²) in [6.07, 6.45) is 1.58. The lowest BCUT2D eigenvalue weighted by molar-refractivity contribution is 0.100. The number of rotatable bonds is 7. The smallest absolute Gasteiger partial charge is 0.261 e. The molecule has 0 atom stereocenters. The quantitative estimate of drug-likeness (QED) is 0.458. The molecule has 146 valence electrons. The molecule has 1 amide bonds. The van der Waals surface area contributed by atoms with Crippen LogP contribution in [-0.4, -0.2) is 44.1 Å². The summed E-state index contributed by atoms with van der Waals surface area (Å²) in [5.74, 6) is 0.966. The van der Waals surface area contributed by atoms with E-state index in [2.05, 4.69) is 30.6 Å². The van der Waals surface area contributed by atoms with Gasteiger partial charge >= 0.3 is 0 Å². The molecule has 0 aliphatic rings. The van der Waals surface area contributed by atoms with Crippen molar-refractivity contribution < 1.29 is 9.90 Å². The molecule has 0 fully saturated rings. The van der Waals surface area contributed by atoms with E-state index in [1.807, 2.05) is 0 Å². The SMILES string of the molecule is Cc1nc(NCCO)cc(Nc2nc(-c3c(Cl)ccnc3C)c(C(N)=O)s2)n1. The van der Waals surface area contributed by atoms with E-state index < -0.39 is 5.91 Å². The zero-order valence-corrected chi connectivity index (χ0v) is 16.7. The van der Waals surface area contributed by atoms with E-state index in [1.165, 1.54) is 0 Å². The predicted octanol–water partition coefficient (Wildman–Crippen LogP) is 2.51. The Morgan fingerprint density at radius 2 is 2.04 bits per heavy atom. The molecule has 0 saturated carbocycles. The highest BCUT2D eigenvalue weighted by atomic mass is 35.5. The van der Waals surface area contributed by atoms with Crippen LogP contribution in [0.25, 0.3) is 11.3 Å². The molecular weight excluding hydrogens is 402 g/mol. The van der Waals surface area contributed by atoms with Crippen molar-refractivity contribution >= 4 is 45.6 Å². The molecule has 11 heteroatoms. The average Bonchev–Trinajstić information content (AvgIpc) is 3.03. The van der Waals surface area contributed by atoms with Gasteiger partial charge in [-0.3, -0.25) is 9.78 Å². The summed E-state index contributed by atoms with van der Waals surface area (Å²) >= 11 is 7.40. The number of primary amides is 1. The van der Waals surface area contributed by atoms with Gasteiger partial charge in [-0.2, -0.15) is 0 Å². The molecule has 3 rings (SSSR count). The van der Waals surface area contributed by atoms with E-state index in [1.54, 1.807) is 32.2 Å². The maximum Gasteiger partial charge on any atom is 0.261 e. The van der Waals surface area contributed by atoms with Crippen molar-refractivity contribution in [1.29, 1.82) is 0 Å². The van der Waals surface area contributed by atoms with Crippen molar-refractivity contribution in [2.45, 2.75) is 13.8 Å². The highest BCUT2D eigenvalue weighted by Crippen LogP contribution is 2.37. The summed E-state index contributed by atoms with van der Waals surface area (Å²) in [7, 11) is 0. The Kier molecular flexibility index (Phi) is 6.02. The first-order chi connectivity index (χ1) is 13.4. The number of nitrogens with zero attached hydrogens (tertiary/aromatic N) is 4. The first-order valence-electron chi connectivity index (χ1n) is 8.28. The van der Waals surface area contributed by atoms with Crippen LogP contribution in [0.15, 0.2) is 18.3 Å². The number of halogens is 1. The molecule has 5 N–H and O–H groups in total. The van der Waals surface area contributed by atoms with Gasteiger partial charge in [0.2, 0.25) is 0 Å². The third-order valence-electron chi connectivity index (χ3n) is 3.67. The Balaban J connectivity index is 1.99. The number of thiazole rings is 1. The van der Waals surface area contributed by atoms with E-state index in [9.17, 15) is 4.79 Å². The Hall–Kier alpha value is -2.82. The minimum Gasteiger partial charge on any atom is -0.395 e. The predicted molar refractivity (Wildman–Crippen MR) is 109 cm³/mol. The first-order valence-corrected chi connectivity index (χ1v) is 9.48. The molecule has 28 heavy (non-hydrogen) atoms. The third-order valence-corrected chi connectivity index (χ3v) is 4.97. The van der Waals surface area contributed by atoms with Gasteiger partial charge in [0.25, 0.3) is 5.91 Å². The van der Waals surface area contributed by atoms with Gasteiger partial charge in [-0.25, -0.2) is 15.0 Å². The molecule has 9 nitrogen and oxygen atoms in total. The van der Waals surface area contributed by atoms with Crippen LogP contribution < -0.4 is 16.4 Å². The molecule has 3 heterocycles. The summed E-state index contributed by atoms with van der Waals surface area (Å²) in [4.78, 5) is 29.5. The summed E-state index contributed by atoms with van der Waals surface area (Å²) in [5.41, 5.74) is 7.12. The van der Waals surface area contributed by atoms with E-state index in [0.29, 0.717) is 51.1 Å². The monoisotopic (exact) mass is 419 g/mol. The number of amides is 1. The number of aryl methyl sites for hydroxylation is 2. The van der Waals surface area contributed by atoms with Crippen LogP contribution in [0.3, 0.4) is 0 Å².